The largest absolute Gasteiger partial charge is 0.496 e. The van der Waals surface area contributed by atoms with Crippen molar-refractivity contribution in [2.45, 2.75) is 36.7 Å². The van der Waals surface area contributed by atoms with Gasteiger partial charge in [-0.3, -0.25) is 0 Å². The van der Waals surface area contributed by atoms with Crippen molar-refractivity contribution < 1.29 is 19.7 Å². The van der Waals surface area contributed by atoms with Crippen LogP contribution in [0.25, 0.3) is 0 Å². The molecule has 0 amide bonds. The van der Waals surface area contributed by atoms with Crippen LogP contribution in [0, 0.1) is 0 Å². The molecule has 0 spiro atoms. The number of aromatic carboxylic acids is 1. The first-order valence-electron chi connectivity index (χ1n) is 6.27. The zero-order chi connectivity index (χ0) is 14.0. The highest BCUT2D eigenvalue weighted by Gasteiger charge is 2.41. The van der Waals surface area contributed by atoms with E-state index in [2.05, 4.69) is 0 Å². The Balaban J connectivity index is 2.51. The summed E-state index contributed by atoms with van der Waals surface area (Å²) in [6, 6.07) is 4.48. The van der Waals surface area contributed by atoms with Crippen LogP contribution in [-0.4, -0.2) is 28.7 Å². The van der Waals surface area contributed by atoms with E-state index in [1.54, 1.807) is 6.07 Å². The molecule has 5 heteroatoms. The van der Waals surface area contributed by atoms with Gasteiger partial charge in [0.25, 0.3) is 0 Å². The molecule has 4 nitrogen and oxygen atoms in total. The number of hydrogen-bond donors (Lipinski definition) is 2. The first kappa shape index (κ1) is 14.2. The second-order valence-corrected chi connectivity index (χ2v) is 5.38. The fraction of sp³-hybridized carbons (Fsp3) is 0.500. The van der Waals surface area contributed by atoms with Crippen LogP contribution in [0.3, 0.4) is 0 Å². The maximum atomic E-state index is 11.1. The lowest BCUT2D eigenvalue weighted by molar-refractivity contribution is 0.00177. The number of rotatable bonds is 3. The van der Waals surface area contributed by atoms with E-state index in [9.17, 15) is 9.90 Å². The molecule has 2 rings (SSSR count). The predicted molar refractivity (Wildman–Crippen MR) is 72.0 cm³/mol. The van der Waals surface area contributed by atoms with Crippen molar-refractivity contribution in [2.75, 3.05) is 7.11 Å². The summed E-state index contributed by atoms with van der Waals surface area (Å²) in [6.45, 7) is 0. The summed E-state index contributed by atoms with van der Waals surface area (Å²) >= 11 is 6.27. The van der Waals surface area contributed by atoms with Gasteiger partial charge in [0.05, 0.1) is 18.1 Å². The molecule has 1 aliphatic carbocycles. The van der Waals surface area contributed by atoms with Crippen LogP contribution in [0.5, 0.6) is 5.75 Å². The molecule has 0 unspecified atom stereocenters. The highest BCUT2D eigenvalue weighted by molar-refractivity contribution is 6.21. The number of hydrogen-bond acceptors (Lipinski definition) is 3. The third-order valence-electron chi connectivity index (χ3n) is 3.70. The molecule has 19 heavy (non-hydrogen) atoms. The molecule has 1 saturated carbocycles. The van der Waals surface area contributed by atoms with E-state index in [1.807, 2.05) is 0 Å². The number of halogens is 1. The molecule has 104 valence electrons. The third kappa shape index (κ3) is 2.55. The first-order valence-corrected chi connectivity index (χ1v) is 6.71. The Morgan fingerprint density at radius 3 is 2.79 bits per heavy atom. The van der Waals surface area contributed by atoms with Crippen LogP contribution in [0.4, 0.5) is 0 Å². The Morgan fingerprint density at radius 1 is 1.47 bits per heavy atom. The molecule has 0 aromatic heterocycles. The lowest BCUT2D eigenvalue weighted by atomic mass is 9.78. The quantitative estimate of drug-likeness (QED) is 0.838. The van der Waals surface area contributed by atoms with Crippen LogP contribution in [0.2, 0.25) is 0 Å². The Morgan fingerprint density at radius 2 is 2.21 bits per heavy atom. The van der Waals surface area contributed by atoms with E-state index in [0.29, 0.717) is 24.2 Å². The number of aliphatic hydroxyl groups is 1. The van der Waals surface area contributed by atoms with Crippen molar-refractivity contribution in [1.29, 1.82) is 0 Å². The summed E-state index contributed by atoms with van der Waals surface area (Å²) in [6.07, 6.45) is 3.05. The Labute approximate surface area is 117 Å². The van der Waals surface area contributed by atoms with Crippen LogP contribution in [0.1, 0.15) is 41.6 Å². The molecule has 0 saturated heterocycles. The summed E-state index contributed by atoms with van der Waals surface area (Å²) in [5.41, 5.74) is -0.635. The Hall–Kier alpha value is -1.26. The third-order valence-corrected chi connectivity index (χ3v) is 4.28. The second-order valence-electron chi connectivity index (χ2n) is 4.86. The van der Waals surface area contributed by atoms with Gasteiger partial charge in [0, 0.05) is 5.56 Å². The van der Waals surface area contributed by atoms with Gasteiger partial charge in [0.2, 0.25) is 0 Å². The topological polar surface area (TPSA) is 66.8 Å². The van der Waals surface area contributed by atoms with Gasteiger partial charge in [-0.15, -0.1) is 11.6 Å². The lowest BCUT2D eigenvalue weighted by Crippen LogP contribution is -2.39. The van der Waals surface area contributed by atoms with Crippen molar-refractivity contribution in [3.8, 4) is 5.75 Å². The summed E-state index contributed by atoms with van der Waals surface area (Å²) < 4.78 is 5.24. The molecule has 2 N–H and O–H groups in total. The summed E-state index contributed by atoms with van der Waals surface area (Å²) in [5, 5.41) is 19.5. The molecule has 0 bridgehead atoms. The average Bonchev–Trinajstić information content (AvgIpc) is 2.41. The van der Waals surface area contributed by atoms with Crippen LogP contribution in [-0.2, 0) is 5.60 Å². The molecule has 1 aromatic carbocycles. The number of alkyl halides is 1. The van der Waals surface area contributed by atoms with Gasteiger partial charge in [0.1, 0.15) is 11.4 Å². The number of methoxy groups -OCH3 is 1. The molecule has 0 aliphatic heterocycles. The van der Waals surface area contributed by atoms with E-state index in [1.165, 1.54) is 19.2 Å². The number of benzene rings is 1. The van der Waals surface area contributed by atoms with Crippen molar-refractivity contribution in [3.63, 3.8) is 0 Å². The molecule has 1 fully saturated rings. The highest BCUT2D eigenvalue weighted by atomic mass is 35.5. The van der Waals surface area contributed by atoms with E-state index >= 15 is 0 Å². The van der Waals surface area contributed by atoms with Crippen LogP contribution in [0.15, 0.2) is 18.2 Å². The normalized spacial score (nSPS) is 27.0. The monoisotopic (exact) mass is 284 g/mol. The molecule has 2 atom stereocenters. The number of ether oxygens (including phenoxy) is 1. The van der Waals surface area contributed by atoms with E-state index < -0.39 is 16.9 Å². The highest BCUT2D eigenvalue weighted by Crippen LogP contribution is 2.44. The van der Waals surface area contributed by atoms with E-state index in [4.69, 9.17) is 21.4 Å². The number of carbonyl (C=O) groups is 1. The first-order chi connectivity index (χ1) is 8.99. The van der Waals surface area contributed by atoms with Crippen LogP contribution < -0.4 is 4.74 Å². The van der Waals surface area contributed by atoms with Gasteiger partial charge in [0.15, 0.2) is 0 Å². The second kappa shape index (κ2) is 5.39. The maximum absolute atomic E-state index is 11.1. The standard InChI is InChI=1S/C14H17ClO4/c1-19-11-6-5-9(13(16)17)8-10(11)14(18)7-3-2-4-12(14)15/h5-6,8,12,18H,2-4,7H2,1H3,(H,16,17)/t12-,14+/m0/s1. The average molecular weight is 285 g/mol. The van der Waals surface area contributed by atoms with Gasteiger partial charge >= 0.3 is 5.97 Å². The SMILES string of the molecule is COc1ccc(C(=O)O)cc1[C@]1(O)CCCC[C@@H]1Cl. The van der Waals surface area contributed by atoms with Gasteiger partial charge < -0.3 is 14.9 Å². The maximum Gasteiger partial charge on any atom is 0.335 e. The summed E-state index contributed by atoms with van der Waals surface area (Å²) in [5.74, 6) is -0.561. The van der Waals surface area contributed by atoms with Crippen LogP contribution >= 0.6 is 11.6 Å². The smallest absolute Gasteiger partial charge is 0.335 e. The lowest BCUT2D eigenvalue weighted by Gasteiger charge is -2.37. The molecule has 1 aliphatic rings. The van der Waals surface area contributed by atoms with Crippen molar-refractivity contribution >= 4 is 17.6 Å². The van der Waals surface area contributed by atoms with Crippen molar-refractivity contribution in [2.24, 2.45) is 0 Å². The summed E-state index contributed by atoms with van der Waals surface area (Å²) in [4.78, 5) is 11.1. The minimum Gasteiger partial charge on any atom is -0.496 e. The zero-order valence-corrected chi connectivity index (χ0v) is 11.5. The van der Waals surface area contributed by atoms with E-state index in [-0.39, 0.29) is 5.56 Å². The Bertz CT molecular complexity index is 488. The number of carboxylic acid groups (broad SMARTS) is 1. The summed E-state index contributed by atoms with van der Waals surface area (Å²) in [7, 11) is 1.49. The molecule has 1 aromatic rings. The fourth-order valence-corrected chi connectivity index (χ4v) is 2.98. The fourth-order valence-electron chi connectivity index (χ4n) is 2.60. The van der Waals surface area contributed by atoms with E-state index in [0.717, 1.165) is 12.8 Å². The Kier molecular flexibility index (Phi) is 4.02. The zero-order valence-electron chi connectivity index (χ0n) is 10.7. The minimum atomic E-state index is -1.23. The minimum absolute atomic E-state index is 0.124. The van der Waals surface area contributed by atoms with Gasteiger partial charge in [-0.2, -0.15) is 0 Å². The van der Waals surface area contributed by atoms with Gasteiger partial charge in [-0.05, 0) is 31.0 Å². The molecule has 0 radical (unpaired) electrons. The molecular weight excluding hydrogens is 268 g/mol. The van der Waals surface area contributed by atoms with Crippen molar-refractivity contribution in [3.05, 3.63) is 29.3 Å². The number of carboxylic acids is 1. The predicted octanol–water partition coefficient (Wildman–Crippen LogP) is 2.76. The van der Waals surface area contributed by atoms with Gasteiger partial charge in [-0.1, -0.05) is 12.8 Å². The van der Waals surface area contributed by atoms with Gasteiger partial charge in [-0.25, -0.2) is 4.79 Å². The molecular formula is C14H17ClO4. The van der Waals surface area contributed by atoms with Crippen molar-refractivity contribution in [1.82, 2.24) is 0 Å². The molecule has 0 heterocycles.